The molecule has 1 nitrogen and oxygen atoms in total. The predicted molar refractivity (Wildman–Crippen MR) is 144 cm³/mol. The monoisotopic (exact) mass is 429 g/mol. The zero-order chi connectivity index (χ0) is 24.1. The van der Waals surface area contributed by atoms with Crippen molar-refractivity contribution in [1.82, 2.24) is 0 Å². The quantitative estimate of drug-likeness (QED) is 0.359. The molecule has 2 rings (SSSR count). The van der Waals surface area contributed by atoms with E-state index in [0.717, 1.165) is 23.4 Å². The van der Waals surface area contributed by atoms with E-state index in [1.165, 1.54) is 40.8 Å². The molecule has 0 bridgehead atoms. The fourth-order valence-electron chi connectivity index (χ4n) is 4.50. The average Bonchev–Trinajstić information content (AvgIpc) is 2.68. The van der Waals surface area contributed by atoms with Gasteiger partial charge in [-0.1, -0.05) is 90.5 Å². The van der Waals surface area contributed by atoms with Gasteiger partial charge in [0.1, 0.15) is 0 Å². The van der Waals surface area contributed by atoms with Crippen LogP contribution in [0.5, 0.6) is 0 Å². The first-order chi connectivity index (χ1) is 15.0. The SMILES string of the molecule is C=C/C(=C\C(=C)C)N(c1ccc(C(C)(C)C)cc1)c1c(C)cc(CC(C)CCC)cc1C. The molecular formula is C31H43N. The molecular weight excluding hydrogens is 386 g/mol. The summed E-state index contributed by atoms with van der Waals surface area (Å²) in [6.45, 7) is 26.1. The Hall–Kier alpha value is -2.54. The van der Waals surface area contributed by atoms with Crippen LogP contribution < -0.4 is 4.90 Å². The van der Waals surface area contributed by atoms with Crippen molar-refractivity contribution in [2.45, 2.75) is 80.1 Å². The molecule has 32 heavy (non-hydrogen) atoms. The van der Waals surface area contributed by atoms with E-state index in [-0.39, 0.29) is 5.41 Å². The Bertz CT molecular complexity index is 944. The smallest absolute Gasteiger partial charge is 0.0520 e. The van der Waals surface area contributed by atoms with Gasteiger partial charge >= 0.3 is 0 Å². The van der Waals surface area contributed by atoms with Crippen LogP contribution in [-0.2, 0) is 11.8 Å². The molecule has 1 heteroatoms. The number of benzene rings is 2. The van der Waals surface area contributed by atoms with Gasteiger partial charge in [-0.3, -0.25) is 0 Å². The Morgan fingerprint density at radius 3 is 2.06 bits per heavy atom. The summed E-state index contributed by atoms with van der Waals surface area (Å²) in [6, 6.07) is 13.7. The molecule has 1 atom stereocenters. The second-order valence-corrected chi connectivity index (χ2v) is 10.4. The van der Waals surface area contributed by atoms with Crippen LogP contribution in [0.25, 0.3) is 0 Å². The summed E-state index contributed by atoms with van der Waals surface area (Å²) in [5.74, 6) is 0.706. The molecule has 2 aromatic carbocycles. The maximum atomic E-state index is 4.13. The van der Waals surface area contributed by atoms with Gasteiger partial charge in [-0.2, -0.15) is 0 Å². The van der Waals surface area contributed by atoms with E-state index in [4.69, 9.17) is 0 Å². The van der Waals surface area contributed by atoms with Gasteiger partial charge in [-0.05, 0) is 85.1 Å². The van der Waals surface area contributed by atoms with Crippen LogP contribution in [0.1, 0.15) is 76.6 Å². The Morgan fingerprint density at radius 2 is 1.62 bits per heavy atom. The molecule has 0 spiro atoms. The lowest BCUT2D eigenvalue weighted by atomic mass is 9.87. The van der Waals surface area contributed by atoms with E-state index in [2.05, 4.69) is 109 Å². The largest absolute Gasteiger partial charge is 0.310 e. The molecule has 0 heterocycles. The predicted octanol–water partition coefficient (Wildman–Crippen LogP) is 9.36. The second-order valence-electron chi connectivity index (χ2n) is 10.4. The number of allylic oxidation sites excluding steroid dienone is 3. The zero-order valence-electron chi connectivity index (χ0n) is 21.7. The molecule has 0 aliphatic carbocycles. The summed E-state index contributed by atoms with van der Waals surface area (Å²) in [6.07, 6.45) is 7.69. The van der Waals surface area contributed by atoms with Crippen molar-refractivity contribution in [1.29, 1.82) is 0 Å². The van der Waals surface area contributed by atoms with Crippen LogP contribution in [0.4, 0.5) is 11.4 Å². The lowest BCUT2D eigenvalue weighted by Gasteiger charge is -2.31. The van der Waals surface area contributed by atoms with E-state index in [9.17, 15) is 0 Å². The second kappa shape index (κ2) is 10.9. The van der Waals surface area contributed by atoms with Crippen molar-refractivity contribution in [2.75, 3.05) is 4.90 Å². The minimum absolute atomic E-state index is 0.126. The van der Waals surface area contributed by atoms with Crippen LogP contribution in [-0.4, -0.2) is 0 Å². The van der Waals surface area contributed by atoms with Gasteiger partial charge in [0, 0.05) is 11.4 Å². The Kier molecular flexibility index (Phi) is 8.73. The van der Waals surface area contributed by atoms with Crippen LogP contribution >= 0.6 is 0 Å². The Labute approximate surface area is 197 Å². The fourth-order valence-corrected chi connectivity index (χ4v) is 4.50. The normalized spacial score (nSPS) is 13.1. The van der Waals surface area contributed by atoms with Gasteiger partial charge in [-0.15, -0.1) is 0 Å². The topological polar surface area (TPSA) is 3.24 Å². The Balaban J connectivity index is 2.62. The zero-order valence-corrected chi connectivity index (χ0v) is 21.7. The molecule has 0 radical (unpaired) electrons. The highest BCUT2D eigenvalue weighted by molar-refractivity contribution is 5.76. The molecule has 0 aliphatic heterocycles. The maximum Gasteiger partial charge on any atom is 0.0520 e. The van der Waals surface area contributed by atoms with Crippen molar-refractivity contribution in [2.24, 2.45) is 5.92 Å². The van der Waals surface area contributed by atoms with Crippen LogP contribution in [0.15, 0.2) is 73.0 Å². The molecule has 0 aromatic heterocycles. The van der Waals surface area contributed by atoms with Crippen LogP contribution in [0.3, 0.4) is 0 Å². The van der Waals surface area contributed by atoms with Crippen LogP contribution in [0, 0.1) is 19.8 Å². The van der Waals surface area contributed by atoms with Gasteiger partial charge in [0.15, 0.2) is 0 Å². The summed E-state index contributed by atoms with van der Waals surface area (Å²) in [5, 5.41) is 0. The van der Waals surface area contributed by atoms with Gasteiger partial charge < -0.3 is 4.90 Å². The third-order valence-corrected chi connectivity index (χ3v) is 5.99. The van der Waals surface area contributed by atoms with E-state index in [0.29, 0.717) is 5.92 Å². The highest BCUT2D eigenvalue weighted by atomic mass is 15.1. The van der Waals surface area contributed by atoms with E-state index < -0.39 is 0 Å². The van der Waals surface area contributed by atoms with Crippen molar-refractivity contribution < 1.29 is 0 Å². The standard InChI is InChI=1S/C31H43N/c1-11-13-23(5)19-26-20-24(6)30(25(7)21-26)32(28(12-2)18-22(3)4)29-16-14-27(15-17-29)31(8,9)10/h12,14-18,20-21,23H,2-3,11,13,19H2,1,4-10H3/b28-18+. The summed E-state index contributed by atoms with van der Waals surface area (Å²) >= 11 is 0. The number of hydrogen-bond acceptors (Lipinski definition) is 1. The summed E-state index contributed by atoms with van der Waals surface area (Å²) in [5.41, 5.74) is 9.89. The van der Waals surface area contributed by atoms with Crippen LogP contribution in [0.2, 0.25) is 0 Å². The molecule has 0 amide bonds. The molecule has 172 valence electrons. The number of rotatable bonds is 9. The van der Waals surface area contributed by atoms with Gasteiger partial charge in [0.2, 0.25) is 0 Å². The third kappa shape index (κ3) is 6.48. The molecule has 0 saturated heterocycles. The molecule has 2 aromatic rings. The van der Waals surface area contributed by atoms with E-state index in [1.807, 2.05) is 13.0 Å². The highest BCUT2D eigenvalue weighted by Crippen LogP contribution is 2.38. The average molecular weight is 430 g/mol. The summed E-state index contributed by atoms with van der Waals surface area (Å²) < 4.78 is 0. The van der Waals surface area contributed by atoms with Crippen molar-refractivity contribution >= 4 is 11.4 Å². The first-order valence-electron chi connectivity index (χ1n) is 12.0. The third-order valence-electron chi connectivity index (χ3n) is 5.99. The lowest BCUT2D eigenvalue weighted by molar-refractivity contribution is 0.522. The first-order valence-corrected chi connectivity index (χ1v) is 12.0. The van der Waals surface area contributed by atoms with Crippen molar-refractivity contribution in [3.05, 3.63) is 95.2 Å². The summed E-state index contributed by atoms with van der Waals surface area (Å²) in [7, 11) is 0. The summed E-state index contributed by atoms with van der Waals surface area (Å²) in [4.78, 5) is 2.33. The molecule has 0 saturated carbocycles. The Morgan fingerprint density at radius 1 is 1.06 bits per heavy atom. The highest BCUT2D eigenvalue weighted by Gasteiger charge is 2.20. The van der Waals surface area contributed by atoms with E-state index >= 15 is 0 Å². The number of hydrogen-bond donors (Lipinski definition) is 0. The number of aryl methyl sites for hydroxylation is 2. The minimum Gasteiger partial charge on any atom is -0.310 e. The molecule has 0 fully saturated rings. The minimum atomic E-state index is 0.126. The molecule has 0 aliphatic rings. The van der Waals surface area contributed by atoms with E-state index in [1.54, 1.807) is 0 Å². The molecule has 1 unspecified atom stereocenters. The van der Waals surface area contributed by atoms with Gasteiger partial charge in [0.25, 0.3) is 0 Å². The number of nitrogens with zero attached hydrogens (tertiary/aromatic N) is 1. The fraction of sp³-hybridized carbons (Fsp3) is 0.419. The lowest BCUT2D eigenvalue weighted by Crippen LogP contribution is -2.19. The van der Waals surface area contributed by atoms with Gasteiger partial charge in [0.05, 0.1) is 5.69 Å². The van der Waals surface area contributed by atoms with Crippen molar-refractivity contribution in [3.63, 3.8) is 0 Å². The maximum absolute atomic E-state index is 4.13. The van der Waals surface area contributed by atoms with Crippen molar-refractivity contribution in [3.8, 4) is 0 Å². The number of anilines is 2. The molecule has 0 N–H and O–H groups in total. The first kappa shape index (κ1) is 25.7. The van der Waals surface area contributed by atoms with Gasteiger partial charge in [-0.25, -0.2) is 0 Å².